The fourth-order valence-corrected chi connectivity index (χ4v) is 3.56. The Kier molecular flexibility index (Phi) is 4.13. The second-order valence-electron chi connectivity index (χ2n) is 7.14. The minimum Gasteiger partial charge on any atom is -0.381 e. The Labute approximate surface area is 167 Å². The molecule has 1 saturated carbocycles. The molecule has 7 heteroatoms. The van der Waals surface area contributed by atoms with E-state index in [-0.39, 0.29) is 0 Å². The number of nitrogens with zero attached hydrogens (tertiary/aromatic N) is 3. The van der Waals surface area contributed by atoms with Crippen LogP contribution >= 0.6 is 11.6 Å². The van der Waals surface area contributed by atoms with Crippen LogP contribution in [0.15, 0.2) is 48.7 Å². The molecule has 2 aromatic heterocycles. The van der Waals surface area contributed by atoms with Crippen LogP contribution < -0.4 is 11.1 Å². The minimum atomic E-state index is 0.402. The molecule has 0 radical (unpaired) electrons. The highest BCUT2D eigenvalue weighted by molar-refractivity contribution is 6.35. The normalized spacial score (nSPS) is 13.8. The largest absolute Gasteiger partial charge is 0.381 e. The average molecular weight is 391 g/mol. The zero-order valence-corrected chi connectivity index (χ0v) is 15.9. The van der Waals surface area contributed by atoms with E-state index in [2.05, 4.69) is 15.5 Å². The van der Waals surface area contributed by atoms with Crippen molar-refractivity contribution in [3.8, 4) is 22.5 Å². The van der Waals surface area contributed by atoms with Crippen LogP contribution in [-0.2, 0) is 0 Å². The van der Waals surface area contributed by atoms with Gasteiger partial charge >= 0.3 is 0 Å². The lowest BCUT2D eigenvalue weighted by Crippen LogP contribution is -2.10. The summed E-state index contributed by atoms with van der Waals surface area (Å²) in [5.41, 5.74) is 10.3. The van der Waals surface area contributed by atoms with Crippen LogP contribution in [0.25, 0.3) is 33.4 Å². The maximum absolute atomic E-state index is 6.47. The van der Waals surface area contributed by atoms with Crippen molar-refractivity contribution < 1.29 is 0 Å². The molecule has 4 N–H and O–H groups in total. The van der Waals surface area contributed by atoms with Gasteiger partial charge in [-0.15, -0.1) is 0 Å². The number of nitrogens with one attached hydrogen (secondary N) is 2. The van der Waals surface area contributed by atoms with E-state index in [1.807, 2.05) is 42.5 Å². The molecule has 0 amide bonds. The Balaban J connectivity index is 1.68. The molecule has 28 heavy (non-hydrogen) atoms. The summed E-state index contributed by atoms with van der Waals surface area (Å²) in [6, 6.07) is 13.8. The van der Waals surface area contributed by atoms with Gasteiger partial charge < -0.3 is 11.1 Å². The van der Waals surface area contributed by atoms with E-state index >= 15 is 0 Å². The van der Waals surface area contributed by atoms with E-state index in [0.717, 1.165) is 40.0 Å². The number of hydrogen-bond acceptors (Lipinski definition) is 5. The Morgan fingerprint density at radius 2 is 1.86 bits per heavy atom. The number of nitrogens with two attached hydrogens (primary N) is 1. The molecule has 1 aliphatic rings. The molecule has 1 aliphatic carbocycles. The summed E-state index contributed by atoms with van der Waals surface area (Å²) >= 11 is 6.47. The standard InChI is InChI=1S/C21H19ClN6/c22-16-9-14(8-15-11-25-28-17(15)16)19-18(13-4-2-1-3-5-13)26-20(23)21(27-19)24-10-12-6-7-12/h1-5,8-9,11-12H,6-7,10H2,(H2,23,26)(H,24,27)(H,25,28). The number of aromatic nitrogens is 4. The molecule has 4 aromatic rings. The maximum Gasteiger partial charge on any atom is 0.169 e. The Hall–Kier alpha value is -3.12. The monoisotopic (exact) mass is 390 g/mol. The van der Waals surface area contributed by atoms with Crippen LogP contribution in [0.2, 0.25) is 5.02 Å². The summed E-state index contributed by atoms with van der Waals surface area (Å²) in [5, 5.41) is 11.9. The number of hydrogen-bond donors (Lipinski definition) is 3. The Morgan fingerprint density at radius 3 is 2.64 bits per heavy atom. The van der Waals surface area contributed by atoms with Gasteiger partial charge in [-0.1, -0.05) is 41.9 Å². The van der Waals surface area contributed by atoms with Crippen molar-refractivity contribution in [3.63, 3.8) is 0 Å². The summed E-state index contributed by atoms with van der Waals surface area (Å²) in [5.74, 6) is 1.72. The minimum absolute atomic E-state index is 0.402. The molecule has 2 aromatic carbocycles. The number of anilines is 2. The molecule has 2 heterocycles. The van der Waals surface area contributed by atoms with Gasteiger partial charge in [0.1, 0.15) is 0 Å². The zero-order chi connectivity index (χ0) is 19.1. The molecular weight excluding hydrogens is 372 g/mol. The first-order chi connectivity index (χ1) is 13.7. The fourth-order valence-electron chi connectivity index (χ4n) is 3.29. The van der Waals surface area contributed by atoms with Crippen molar-refractivity contribution >= 4 is 34.1 Å². The fraction of sp³-hybridized carbons (Fsp3) is 0.190. The third-order valence-electron chi connectivity index (χ3n) is 5.00. The van der Waals surface area contributed by atoms with E-state index in [4.69, 9.17) is 27.3 Å². The van der Waals surface area contributed by atoms with Gasteiger partial charge in [0.2, 0.25) is 0 Å². The number of halogens is 1. The number of fused-ring (bicyclic) bond motifs is 1. The van der Waals surface area contributed by atoms with Crippen LogP contribution in [0.5, 0.6) is 0 Å². The van der Waals surface area contributed by atoms with Gasteiger partial charge in [0.15, 0.2) is 11.6 Å². The predicted molar refractivity (Wildman–Crippen MR) is 113 cm³/mol. The lowest BCUT2D eigenvalue weighted by Gasteiger charge is -2.14. The summed E-state index contributed by atoms with van der Waals surface area (Å²) in [6.45, 7) is 0.866. The van der Waals surface area contributed by atoms with Crippen LogP contribution in [-0.4, -0.2) is 26.7 Å². The van der Waals surface area contributed by atoms with Crippen LogP contribution in [0, 0.1) is 5.92 Å². The van der Waals surface area contributed by atoms with Gasteiger partial charge in [0.05, 0.1) is 28.1 Å². The van der Waals surface area contributed by atoms with Crippen molar-refractivity contribution in [1.29, 1.82) is 0 Å². The zero-order valence-electron chi connectivity index (χ0n) is 15.1. The topological polar surface area (TPSA) is 92.5 Å². The van der Waals surface area contributed by atoms with Crippen molar-refractivity contribution in [2.75, 3.05) is 17.6 Å². The summed E-state index contributed by atoms with van der Waals surface area (Å²) in [4.78, 5) is 9.56. The molecule has 0 aliphatic heterocycles. The molecule has 0 bridgehead atoms. The smallest absolute Gasteiger partial charge is 0.169 e. The molecule has 1 fully saturated rings. The van der Waals surface area contributed by atoms with Crippen LogP contribution in [0.1, 0.15) is 12.8 Å². The quantitative estimate of drug-likeness (QED) is 0.457. The van der Waals surface area contributed by atoms with Gasteiger partial charge in [0.25, 0.3) is 0 Å². The number of benzene rings is 2. The van der Waals surface area contributed by atoms with Crippen molar-refractivity contribution in [2.24, 2.45) is 5.92 Å². The average Bonchev–Trinajstić information content (AvgIpc) is 3.42. The Morgan fingerprint density at radius 1 is 1.07 bits per heavy atom. The van der Waals surface area contributed by atoms with Gasteiger partial charge in [-0.05, 0) is 30.9 Å². The highest BCUT2D eigenvalue weighted by atomic mass is 35.5. The number of aromatic amines is 1. The predicted octanol–water partition coefficient (Wildman–Crippen LogP) is 4.74. The number of H-pyrrole nitrogens is 1. The van der Waals surface area contributed by atoms with Crippen molar-refractivity contribution in [2.45, 2.75) is 12.8 Å². The highest BCUT2D eigenvalue weighted by Crippen LogP contribution is 2.36. The first-order valence-electron chi connectivity index (χ1n) is 9.29. The lowest BCUT2D eigenvalue weighted by molar-refractivity contribution is 0.882. The molecular formula is C21H19ClN6. The molecule has 140 valence electrons. The summed E-state index contributed by atoms with van der Waals surface area (Å²) in [7, 11) is 0. The van der Waals surface area contributed by atoms with Gasteiger partial charge in [0, 0.05) is 23.1 Å². The summed E-state index contributed by atoms with van der Waals surface area (Å²) < 4.78 is 0. The first-order valence-corrected chi connectivity index (χ1v) is 9.66. The highest BCUT2D eigenvalue weighted by Gasteiger charge is 2.22. The molecule has 0 saturated heterocycles. The molecule has 0 atom stereocenters. The molecule has 5 rings (SSSR count). The third kappa shape index (κ3) is 3.16. The second kappa shape index (κ2) is 6.80. The first kappa shape index (κ1) is 17.0. The van der Waals surface area contributed by atoms with Gasteiger partial charge in [-0.2, -0.15) is 5.10 Å². The van der Waals surface area contributed by atoms with Crippen molar-refractivity contribution in [3.05, 3.63) is 53.7 Å². The number of nitrogen functional groups attached to an aromatic ring is 1. The maximum atomic E-state index is 6.47. The van der Waals surface area contributed by atoms with Crippen molar-refractivity contribution in [1.82, 2.24) is 20.2 Å². The molecule has 6 nitrogen and oxygen atoms in total. The summed E-state index contributed by atoms with van der Waals surface area (Å²) in [6.07, 6.45) is 4.26. The van der Waals surface area contributed by atoms with E-state index in [0.29, 0.717) is 22.6 Å². The third-order valence-corrected chi connectivity index (χ3v) is 5.30. The molecule has 0 spiro atoms. The van der Waals surface area contributed by atoms with Gasteiger partial charge in [-0.25, -0.2) is 9.97 Å². The van der Waals surface area contributed by atoms with E-state index in [1.54, 1.807) is 6.20 Å². The second-order valence-corrected chi connectivity index (χ2v) is 7.54. The van der Waals surface area contributed by atoms with E-state index in [9.17, 15) is 0 Å². The van der Waals surface area contributed by atoms with Crippen LogP contribution in [0.3, 0.4) is 0 Å². The van der Waals surface area contributed by atoms with E-state index < -0.39 is 0 Å². The molecule has 0 unspecified atom stereocenters. The lowest BCUT2D eigenvalue weighted by atomic mass is 10.0. The van der Waals surface area contributed by atoms with Crippen LogP contribution in [0.4, 0.5) is 11.6 Å². The van der Waals surface area contributed by atoms with Gasteiger partial charge in [-0.3, -0.25) is 5.10 Å². The van der Waals surface area contributed by atoms with E-state index in [1.165, 1.54) is 12.8 Å². The Bertz CT molecular complexity index is 1150. The number of rotatable bonds is 5. The SMILES string of the molecule is Nc1nc(-c2ccccc2)c(-c2cc(Cl)c3[nH]ncc3c2)nc1NCC1CC1.